The van der Waals surface area contributed by atoms with Gasteiger partial charge < -0.3 is 14.8 Å². The van der Waals surface area contributed by atoms with Crippen molar-refractivity contribution in [1.82, 2.24) is 5.32 Å². The van der Waals surface area contributed by atoms with Crippen LogP contribution in [0.4, 0.5) is 0 Å². The van der Waals surface area contributed by atoms with Crippen molar-refractivity contribution in [1.29, 1.82) is 5.26 Å². The Morgan fingerprint density at radius 1 is 1.16 bits per heavy atom. The quantitative estimate of drug-likeness (QED) is 0.658. The van der Waals surface area contributed by atoms with Gasteiger partial charge >= 0.3 is 0 Å². The molecule has 1 aromatic rings. The Kier molecular flexibility index (Phi) is 8.45. The highest BCUT2D eigenvalue weighted by atomic mass is 16.5. The van der Waals surface area contributed by atoms with Gasteiger partial charge in [-0.1, -0.05) is 12.1 Å². The maximum absolute atomic E-state index is 8.41. The van der Waals surface area contributed by atoms with Gasteiger partial charge in [0.25, 0.3) is 0 Å². The number of methoxy groups -OCH3 is 1. The minimum atomic E-state index is 0.0963. The van der Waals surface area contributed by atoms with Gasteiger partial charge in [-0.3, -0.25) is 0 Å². The molecule has 1 N–H and O–H groups in total. The van der Waals surface area contributed by atoms with Crippen LogP contribution in [0, 0.1) is 11.3 Å². The molecule has 0 heterocycles. The van der Waals surface area contributed by atoms with Crippen molar-refractivity contribution in [2.75, 3.05) is 26.9 Å². The minimum absolute atomic E-state index is 0.0963. The van der Waals surface area contributed by atoms with Crippen LogP contribution in [0.15, 0.2) is 24.3 Å². The average Bonchev–Trinajstić information content (AvgIpc) is 2.45. The lowest BCUT2D eigenvalue weighted by Gasteiger charge is -2.06. The van der Waals surface area contributed by atoms with Gasteiger partial charge in [-0.2, -0.15) is 5.26 Å². The van der Waals surface area contributed by atoms with E-state index >= 15 is 0 Å². The second-order valence-corrected chi connectivity index (χ2v) is 4.32. The molecule has 0 spiro atoms. The Morgan fingerprint density at radius 3 is 2.63 bits per heavy atom. The summed E-state index contributed by atoms with van der Waals surface area (Å²) in [6.07, 6.45) is 3.50. The van der Waals surface area contributed by atoms with Crippen LogP contribution in [-0.4, -0.2) is 26.9 Å². The van der Waals surface area contributed by atoms with Gasteiger partial charge in [0.15, 0.2) is 6.61 Å². The number of hydrogen-bond acceptors (Lipinski definition) is 4. The summed E-state index contributed by atoms with van der Waals surface area (Å²) in [6, 6.07) is 9.78. The Balaban J connectivity index is 2.11. The summed E-state index contributed by atoms with van der Waals surface area (Å²) in [4.78, 5) is 0. The topological polar surface area (TPSA) is 54.3 Å². The smallest absolute Gasteiger partial charge is 0.174 e. The molecule has 4 nitrogen and oxygen atoms in total. The molecule has 0 atom stereocenters. The van der Waals surface area contributed by atoms with Crippen LogP contribution in [-0.2, 0) is 11.3 Å². The van der Waals surface area contributed by atoms with Crippen LogP contribution in [0.25, 0.3) is 0 Å². The molecule has 1 rings (SSSR count). The van der Waals surface area contributed by atoms with Crippen LogP contribution < -0.4 is 10.1 Å². The second kappa shape index (κ2) is 10.4. The van der Waals surface area contributed by atoms with E-state index in [0.717, 1.165) is 31.9 Å². The largest absolute Gasteiger partial charge is 0.479 e. The zero-order valence-electron chi connectivity index (χ0n) is 11.5. The van der Waals surface area contributed by atoms with Crippen molar-refractivity contribution in [2.24, 2.45) is 0 Å². The fourth-order valence-electron chi connectivity index (χ4n) is 1.73. The SMILES string of the molecule is COCCCCCNCc1ccc(OCC#N)cc1. The van der Waals surface area contributed by atoms with Crippen LogP contribution in [0.1, 0.15) is 24.8 Å². The summed E-state index contributed by atoms with van der Waals surface area (Å²) in [5.41, 5.74) is 1.22. The van der Waals surface area contributed by atoms with E-state index in [1.807, 2.05) is 30.3 Å². The van der Waals surface area contributed by atoms with Gasteiger partial charge in [-0.25, -0.2) is 0 Å². The molecular formula is C15H22N2O2. The number of nitrogens with zero attached hydrogens (tertiary/aromatic N) is 1. The van der Waals surface area contributed by atoms with Gasteiger partial charge in [0.2, 0.25) is 0 Å². The molecule has 0 bridgehead atoms. The molecule has 0 saturated carbocycles. The molecule has 1 aromatic carbocycles. The van der Waals surface area contributed by atoms with Crippen molar-refractivity contribution in [3.05, 3.63) is 29.8 Å². The number of nitriles is 1. The fourth-order valence-corrected chi connectivity index (χ4v) is 1.73. The summed E-state index contributed by atoms with van der Waals surface area (Å²) in [7, 11) is 1.74. The summed E-state index contributed by atoms with van der Waals surface area (Å²) >= 11 is 0. The van der Waals surface area contributed by atoms with E-state index < -0.39 is 0 Å². The number of nitrogens with one attached hydrogen (secondary N) is 1. The molecule has 0 aromatic heterocycles. The molecule has 0 aliphatic carbocycles. The van der Waals surface area contributed by atoms with E-state index in [9.17, 15) is 0 Å². The Hall–Kier alpha value is -1.57. The third kappa shape index (κ3) is 7.45. The molecule has 0 unspecified atom stereocenters. The normalized spacial score (nSPS) is 10.1. The Bertz CT molecular complexity index is 371. The van der Waals surface area contributed by atoms with E-state index in [4.69, 9.17) is 14.7 Å². The predicted octanol–water partition coefficient (Wildman–Crippen LogP) is 2.50. The van der Waals surface area contributed by atoms with Crippen molar-refractivity contribution in [2.45, 2.75) is 25.8 Å². The fraction of sp³-hybridized carbons (Fsp3) is 0.533. The number of hydrogen-bond donors (Lipinski definition) is 1. The predicted molar refractivity (Wildman–Crippen MR) is 75.0 cm³/mol. The molecular weight excluding hydrogens is 240 g/mol. The van der Waals surface area contributed by atoms with E-state index in [1.54, 1.807) is 7.11 Å². The molecule has 0 aliphatic heterocycles. The third-order valence-corrected chi connectivity index (χ3v) is 2.76. The first-order valence-corrected chi connectivity index (χ1v) is 6.65. The van der Waals surface area contributed by atoms with E-state index in [0.29, 0.717) is 0 Å². The first kappa shape index (κ1) is 15.5. The number of benzene rings is 1. The summed E-state index contributed by atoms with van der Waals surface area (Å²) < 4.78 is 10.2. The minimum Gasteiger partial charge on any atom is -0.479 e. The zero-order valence-corrected chi connectivity index (χ0v) is 11.5. The highest BCUT2D eigenvalue weighted by Gasteiger charge is 1.95. The molecule has 104 valence electrons. The second-order valence-electron chi connectivity index (χ2n) is 4.32. The van der Waals surface area contributed by atoms with Crippen molar-refractivity contribution in [3.63, 3.8) is 0 Å². The first-order chi connectivity index (χ1) is 9.36. The van der Waals surface area contributed by atoms with Gasteiger partial charge in [0, 0.05) is 20.3 Å². The summed E-state index contributed by atoms with van der Waals surface area (Å²) in [5, 5.41) is 11.8. The van der Waals surface area contributed by atoms with Gasteiger partial charge in [0.1, 0.15) is 11.8 Å². The number of rotatable bonds is 10. The van der Waals surface area contributed by atoms with Crippen LogP contribution >= 0.6 is 0 Å². The van der Waals surface area contributed by atoms with Gasteiger partial charge in [-0.05, 0) is 43.5 Å². The molecule has 0 saturated heterocycles. The van der Waals surface area contributed by atoms with Gasteiger partial charge in [0.05, 0.1) is 0 Å². The lowest BCUT2D eigenvalue weighted by molar-refractivity contribution is 0.192. The zero-order chi connectivity index (χ0) is 13.8. The van der Waals surface area contributed by atoms with E-state index in [2.05, 4.69) is 5.32 Å². The maximum atomic E-state index is 8.41. The van der Waals surface area contributed by atoms with Crippen LogP contribution in [0.2, 0.25) is 0 Å². The average molecular weight is 262 g/mol. The highest BCUT2D eigenvalue weighted by molar-refractivity contribution is 5.27. The lowest BCUT2D eigenvalue weighted by atomic mass is 10.2. The molecule has 0 aliphatic rings. The Labute approximate surface area is 115 Å². The number of ether oxygens (including phenoxy) is 2. The molecule has 0 amide bonds. The van der Waals surface area contributed by atoms with Crippen molar-refractivity contribution >= 4 is 0 Å². The number of unbranched alkanes of at least 4 members (excludes halogenated alkanes) is 2. The summed E-state index contributed by atoms with van der Waals surface area (Å²) in [6.45, 7) is 2.84. The molecule has 19 heavy (non-hydrogen) atoms. The molecule has 4 heteroatoms. The van der Waals surface area contributed by atoms with Crippen LogP contribution in [0.3, 0.4) is 0 Å². The molecule has 0 fully saturated rings. The standard InChI is InChI=1S/C15H22N2O2/c1-18-11-4-2-3-10-17-13-14-5-7-15(8-6-14)19-12-9-16/h5-8,17H,2-4,10-13H2,1H3. The van der Waals surface area contributed by atoms with Crippen molar-refractivity contribution in [3.8, 4) is 11.8 Å². The van der Waals surface area contributed by atoms with Crippen molar-refractivity contribution < 1.29 is 9.47 Å². The third-order valence-electron chi connectivity index (χ3n) is 2.76. The lowest BCUT2D eigenvalue weighted by Crippen LogP contribution is -2.14. The van der Waals surface area contributed by atoms with Crippen LogP contribution in [0.5, 0.6) is 5.75 Å². The Morgan fingerprint density at radius 2 is 1.95 bits per heavy atom. The first-order valence-electron chi connectivity index (χ1n) is 6.65. The molecule has 0 radical (unpaired) electrons. The monoisotopic (exact) mass is 262 g/mol. The van der Waals surface area contributed by atoms with E-state index in [1.165, 1.54) is 18.4 Å². The van der Waals surface area contributed by atoms with E-state index in [-0.39, 0.29) is 6.61 Å². The summed E-state index contributed by atoms with van der Waals surface area (Å²) in [5.74, 6) is 0.741. The maximum Gasteiger partial charge on any atom is 0.174 e. The highest BCUT2D eigenvalue weighted by Crippen LogP contribution is 2.11. The van der Waals surface area contributed by atoms with Gasteiger partial charge in [-0.15, -0.1) is 0 Å².